The molecule has 7 heteroatoms. The first-order valence-electron chi connectivity index (χ1n) is 3.86. The van der Waals surface area contributed by atoms with Crippen LogP contribution in [-0.2, 0) is 21.1 Å². The summed E-state index contributed by atoms with van der Waals surface area (Å²) >= 11 is 8.51. The third kappa shape index (κ3) is 6.80. The van der Waals surface area contributed by atoms with E-state index in [2.05, 4.69) is 12.0 Å². The summed E-state index contributed by atoms with van der Waals surface area (Å²) in [5.74, 6) is 1.05. The standard InChI is InChI=1S/C6H14NO2PS3/c1-3-9-10(11,7-5-8)13-6-12-4-2/h5H,3-4,6H2,1-2H3,(H,7,8,11). The first-order valence-corrected chi connectivity index (χ1v) is 9.33. The molecule has 0 fully saturated rings. The zero-order valence-corrected chi connectivity index (χ0v) is 11.0. The van der Waals surface area contributed by atoms with E-state index >= 15 is 0 Å². The molecule has 0 aromatic carbocycles. The van der Waals surface area contributed by atoms with Crippen molar-refractivity contribution in [3.8, 4) is 0 Å². The van der Waals surface area contributed by atoms with E-state index in [1.165, 1.54) is 11.4 Å². The van der Waals surface area contributed by atoms with E-state index in [1.807, 2.05) is 6.92 Å². The number of amides is 1. The molecule has 1 amide bonds. The van der Waals surface area contributed by atoms with Gasteiger partial charge in [0.05, 0.1) is 6.61 Å². The van der Waals surface area contributed by atoms with Crippen molar-refractivity contribution in [1.29, 1.82) is 0 Å². The Hall–Kier alpha value is 0.780. The van der Waals surface area contributed by atoms with Gasteiger partial charge in [-0.1, -0.05) is 18.3 Å². The van der Waals surface area contributed by atoms with Gasteiger partial charge >= 0.3 is 0 Å². The lowest BCUT2D eigenvalue weighted by atomic mass is 10.9. The van der Waals surface area contributed by atoms with Crippen LogP contribution in [0.5, 0.6) is 0 Å². The highest BCUT2D eigenvalue weighted by molar-refractivity contribution is 8.70. The number of hydrogen-bond donors (Lipinski definition) is 1. The maximum atomic E-state index is 10.3. The summed E-state index contributed by atoms with van der Waals surface area (Å²) < 4.78 is 5.35. The fourth-order valence-corrected chi connectivity index (χ4v) is 7.17. The van der Waals surface area contributed by atoms with Crippen LogP contribution in [0, 0.1) is 0 Å². The first kappa shape index (κ1) is 13.8. The summed E-state index contributed by atoms with van der Waals surface area (Å²) in [7, 11) is 0. The molecule has 0 radical (unpaired) electrons. The molecule has 13 heavy (non-hydrogen) atoms. The van der Waals surface area contributed by atoms with E-state index in [-0.39, 0.29) is 0 Å². The Morgan fingerprint density at radius 2 is 2.31 bits per heavy atom. The maximum Gasteiger partial charge on any atom is 0.213 e. The summed E-state index contributed by atoms with van der Waals surface area (Å²) in [6, 6.07) is 0. The van der Waals surface area contributed by atoms with Crippen LogP contribution in [0.1, 0.15) is 13.8 Å². The summed E-state index contributed by atoms with van der Waals surface area (Å²) in [5, 5.41) is 3.46. The van der Waals surface area contributed by atoms with Crippen LogP contribution in [0.3, 0.4) is 0 Å². The van der Waals surface area contributed by atoms with Crippen molar-refractivity contribution in [1.82, 2.24) is 5.09 Å². The largest absolute Gasteiger partial charge is 0.327 e. The van der Waals surface area contributed by atoms with Crippen LogP contribution >= 0.6 is 28.8 Å². The Morgan fingerprint density at radius 3 is 2.77 bits per heavy atom. The lowest BCUT2D eigenvalue weighted by molar-refractivity contribution is -0.108. The van der Waals surface area contributed by atoms with Crippen LogP contribution in [0.2, 0.25) is 0 Å². The number of rotatable bonds is 8. The topological polar surface area (TPSA) is 38.3 Å². The highest BCUT2D eigenvalue weighted by Crippen LogP contribution is 2.56. The lowest BCUT2D eigenvalue weighted by Gasteiger charge is -2.18. The minimum atomic E-state index is -2.14. The number of nitrogens with one attached hydrogen (secondary N) is 1. The van der Waals surface area contributed by atoms with Crippen LogP contribution in [0.4, 0.5) is 0 Å². The van der Waals surface area contributed by atoms with Gasteiger partial charge < -0.3 is 9.61 Å². The normalized spacial score (nSPS) is 14.9. The quantitative estimate of drug-likeness (QED) is 0.314. The second-order valence-electron chi connectivity index (χ2n) is 1.90. The van der Waals surface area contributed by atoms with Gasteiger partial charge in [-0.3, -0.25) is 4.79 Å². The van der Waals surface area contributed by atoms with Gasteiger partial charge in [0.15, 0.2) is 0 Å². The summed E-state index contributed by atoms with van der Waals surface area (Å²) in [6.45, 7) is 4.51. The Kier molecular flexibility index (Phi) is 8.61. The Morgan fingerprint density at radius 1 is 1.62 bits per heavy atom. The van der Waals surface area contributed by atoms with E-state index in [0.29, 0.717) is 13.0 Å². The van der Waals surface area contributed by atoms with Gasteiger partial charge in [-0.2, -0.15) is 11.8 Å². The lowest BCUT2D eigenvalue weighted by Crippen LogP contribution is -2.07. The predicted octanol–water partition coefficient (Wildman–Crippen LogP) is 2.44. The van der Waals surface area contributed by atoms with E-state index in [9.17, 15) is 4.79 Å². The number of hydrogen-bond acceptors (Lipinski definition) is 5. The molecule has 0 aromatic heterocycles. The smallest absolute Gasteiger partial charge is 0.213 e. The summed E-state index contributed by atoms with van der Waals surface area (Å²) in [6.07, 6.45) is 0.625. The molecule has 1 atom stereocenters. The van der Waals surface area contributed by atoms with Crippen molar-refractivity contribution in [3.05, 3.63) is 0 Å². The summed E-state index contributed by atoms with van der Waals surface area (Å²) in [5.41, 5.74) is -2.14. The molecule has 0 aromatic rings. The van der Waals surface area contributed by atoms with Gasteiger partial charge in [0.1, 0.15) is 0 Å². The second kappa shape index (κ2) is 8.12. The molecule has 78 valence electrons. The van der Waals surface area contributed by atoms with Gasteiger partial charge in [0.25, 0.3) is 0 Å². The van der Waals surface area contributed by atoms with Crippen LogP contribution in [0.25, 0.3) is 0 Å². The zero-order chi connectivity index (χ0) is 10.2. The van der Waals surface area contributed by atoms with Crippen molar-refractivity contribution < 1.29 is 9.32 Å². The molecule has 0 rings (SSSR count). The highest BCUT2D eigenvalue weighted by atomic mass is 32.9. The molecular weight excluding hydrogens is 245 g/mol. The van der Waals surface area contributed by atoms with E-state index in [1.54, 1.807) is 11.8 Å². The molecule has 0 spiro atoms. The Bertz CT molecular complexity index is 191. The maximum absolute atomic E-state index is 10.3. The molecule has 0 aliphatic carbocycles. The van der Waals surface area contributed by atoms with Crippen molar-refractivity contribution in [3.63, 3.8) is 0 Å². The minimum Gasteiger partial charge on any atom is -0.327 e. The van der Waals surface area contributed by atoms with Crippen molar-refractivity contribution in [2.75, 3.05) is 17.4 Å². The van der Waals surface area contributed by atoms with Crippen molar-refractivity contribution >= 4 is 47.0 Å². The fourth-order valence-electron chi connectivity index (χ4n) is 0.536. The van der Waals surface area contributed by atoms with Crippen LogP contribution < -0.4 is 5.09 Å². The van der Waals surface area contributed by atoms with Crippen molar-refractivity contribution in [2.45, 2.75) is 13.8 Å². The predicted molar refractivity (Wildman–Crippen MR) is 65.7 cm³/mol. The van der Waals surface area contributed by atoms with E-state index < -0.39 is 5.62 Å². The number of thioether (sulfide) groups is 1. The van der Waals surface area contributed by atoms with E-state index in [4.69, 9.17) is 16.3 Å². The Balaban J connectivity index is 3.91. The molecule has 0 bridgehead atoms. The third-order valence-corrected chi connectivity index (χ3v) is 8.06. The monoisotopic (exact) mass is 259 g/mol. The molecule has 0 saturated carbocycles. The molecule has 0 saturated heterocycles. The highest BCUT2D eigenvalue weighted by Gasteiger charge is 2.16. The Labute approximate surface area is 92.6 Å². The van der Waals surface area contributed by atoms with Gasteiger partial charge in [0.2, 0.25) is 12.0 Å². The zero-order valence-electron chi connectivity index (χ0n) is 7.69. The molecule has 1 N–H and O–H groups in total. The first-order chi connectivity index (χ1) is 6.18. The molecule has 3 nitrogen and oxygen atoms in total. The second-order valence-corrected chi connectivity index (χ2v) is 10.2. The van der Waals surface area contributed by atoms with Gasteiger partial charge in [-0.15, -0.1) is 0 Å². The number of carbonyl (C=O) groups is 1. The van der Waals surface area contributed by atoms with Crippen LogP contribution in [-0.4, -0.2) is 23.9 Å². The third-order valence-electron chi connectivity index (χ3n) is 1.02. The molecular formula is C6H14NO2PS3. The van der Waals surface area contributed by atoms with Crippen molar-refractivity contribution in [2.24, 2.45) is 0 Å². The average molecular weight is 259 g/mol. The molecule has 0 heterocycles. The SMILES string of the molecule is CCOP(=S)(NC=O)SCSCC. The number of carbonyl (C=O) groups excluding carboxylic acids is 1. The molecule has 1 unspecified atom stereocenters. The van der Waals surface area contributed by atoms with E-state index in [0.717, 1.165) is 10.8 Å². The van der Waals surface area contributed by atoms with Gasteiger partial charge in [-0.25, -0.2) is 0 Å². The van der Waals surface area contributed by atoms with Gasteiger partial charge in [-0.05, 0) is 24.5 Å². The molecule has 0 aliphatic heterocycles. The minimum absolute atomic E-state index is 0.544. The average Bonchev–Trinajstić information content (AvgIpc) is 2.05. The summed E-state index contributed by atoms with van der Waals surface area (Å²) in [4.78, 5) is 10.3. The molecule has 0 aliphatic rings. The van der Waals surface area contributed by atoms with Crippen LogP contribution in [0.15, 0.2) is 0 Å². The van der Waals surface area contributed by atoms with Gasteiger partial charge in [0, 0.05) is 5.08 Å². The fraction of sp³-hybridized carbons (Fsp3) is 0.833.